The molecular weight excluding hydrogens is 415 g/mol. The molecule has 7 nitrogen and oxygen atoms in total. The number of rotatable bonds is 8. The highest BCUT2D eigenvalue weighted by Gasteiger charge is 2.30. The third-order valence-corrected chi connectivity index (χ3v) is 5.03. The summed E-state index contributed by atoms with van der Waals surface area (Å²) in [4.78, 5) is 28.4. The fourth-order valence-corrected chi connectivity index (χ4v) is 2.93. The van der Waals surface area contributed by atoms with Gasteiger partial charge in [0, 0.05) is 18.3 Å². The third-order valence-electron chi connectivity index (χ3n) is 5.03. The van der Waals surface area contributed by atoms with Gasteiger partial charge in [0.15, 0.2) is 0 Å². The molecule has 0 aliphatic rings. The van der Waals surface area contributed by atoms with Crippen LogP contribution >= 0.6 is 0 Å². The van der Waals surface area contributed by atoms with Crippen LogP contribution in [0.3, 0.4) is 0 Å². The first kappa shape index (κ1) is 22.7. The lowest BCUT2D eigenvalue weighted by Gasteiger charge is -2.21. The molecule has 0 radical (unpaired) electrons. The van der Waals surface area contributed by atoms with E-state index in [-0.39, 0.29) is 18.0 Å². The number of aliphatic carboxylic acids is 1. The molecule has 0 aliphatic heterocycles. The molecule has 0 unspecified atom stereocenters. The highest BCUT2D eigenvalue weighted by molar-refractivity contribution is 5.96. The molecule has 1 amide bonds. The van der Waals surface area contributed by atoms with Gasteiger partial charge in [-0.05, 0) is 61.9 Å². The Bertz CT molecular complexity index is 1130. The van der Waals surface area contributed by atoms with Gasteiger partial charge < -0.3 is 19.9 Å². The molecule has 166 valence electrons. The summed E-state index contributed by atoms with van der Waals surface area (Å²) in [5.74, 6) is -0.883. The number of benzene rings is 2. The molecule has 0 saturated carbocycles. The summed E-state index contributed by atoms with van der Waals surface area (Å²) in [7, 11) is 1.48. The van der Waals surface area contributed by atoms with Crippen molar-refractivity contribution in [2.24, 2.45) is 0 Å². The molecule has 3 aromatic rings. The predicted molar refractivity (Wildman–Crippen MR) is 116 cm³/mol. The van der Waals surface area contributed by atoms with Gasteiger partial charge in [0.05, 0.1) is 12.5 Å². The van der Waals surface area contributed by atoms with Gasteiger partial charge in [-0.3, -0.25) is 9.59 Å². The number of carbonyl (C=O) groups is 2. The maximum absolute atomic E-state index is 13.1. The van der Waals surface area contributed by atoms with Crippen LogP contribution in [0.25, 0.3) is 0 Å². The molecule has 2 aromatic carbocycles. The van der Waals surface area contributed by atoms with E-state index in [1.165, 1.54) is 37.6 Å². The topological polar surface area (TPSA) is 97.8 Å². The van der Waals surface area contributed by atoms with E-state index in [2.05, 4.69) is 10.3 Å². The molecular formula is C24H23FN2O5. The lowest BCUT2D eigenvalue weighted by molar-refractivity contribution is -0.142. The molecule has 0 bridgehead atoms. The van der Waals surface area contributed by atoms with E-state index in [9.17, 15) is 19.1 Å². The van der Waals surface area contributed by atoms with E-state index in [1.54, 1.807) is 44.2 Å². The first-order valence-electron chi connectivity index (χ1n) is 9.80. The number of amides is 1. The summed E-state index contributed by atoms with van der Waals surface area (Å²) >= 11 is 0. The summed E-state index contributed by atoms with van der Waals surface area (Å²) in [6.45, 7) is 3.36. The zero-order chi connectivity index (χ0) is 23.3. The Morgan fingerprint density at radius 1 is 1.12 bits per heavy atom. The molecule has 0 spiro atoms. The number of nitrogens with one attached hydrogen (secondary N) is 1. The standard InChI is InChI=1S/C24H23FN2O5/c1-24(2,23(29)30)16-7-6-15(20(13-16)31-3)14-27-21(28)19-5-4-12-26-22(19)32-18-10-8-17(25)9-11-18/h4-13H,14H2,1-3H3,(H,27,28)(H,29,30). The van der Waals surface area contributed by atoms with Gasteiger partial charge in [0.2, 0.25) is 5.88 Å². The van der Waals surface area contributed by atoms with Gasteiger partial charge in [0.1, 0.15) is 22.9 Å². The Morgan fingerprint density at radius 3 is 2.50 bits per heavy atom. The van der Waals surface area contributed by atoms with Gasteiger partial charge in [-0.15, -0.1) is 0 Å². The second kappa shape index (κ2) is 9.47. The monoisotopic (exact) mass is 438 g/mol. The normalized spacial score (nSPS) is 11.0. The molecule has 0 saturated heterocycles. The van der Waals surface area contributed by atoms with Crippen LogP contribution in [0.2, 0.25) is 0 Å². The van der Waals surface area contributed by atoms with Gasteiger partial charge in [-0.2, -0.15) is 0 Å². The molecule has 1 heterocycles. The summed E-state index contributed by atoms with van der Waals surface area (Å²) in [5.41, 5.74) is 0.381. The Morgan fingerprint density at radius 2 is 1.84 bits per heavy atom. The van der Waals surface area contributed by atoms with Crippen LogP contribution in [0.1, 0.15) is 35.3 Å². The van der Waals surface area contributed by atoms with Crippen molar-refractivity contribution in [1.82, 2.24) is 10.3 Å². The Balaban J connectivity index is 1.76. The van der Waals surface area contributed by atoms with Crippen molar-refractivity contribution in [2.45, 2.75) is 25.8 Å². The molecule has 2 N–H and O–H groups in total. The Kier molecular flexibility index (Phi) is 6.73. The fourth-order valence-electron chi connectivity index (χ4n) is 2.93. The van der Waals surface area contributed by atoms with Crippen LogP contribution in [0, 0.1) is 5.82 Å². The number of ether oxygens (including phenoxy) is 2. The number of carboxylic acid groups (broad SMARTS) is 1. The van der Waals surface area contributed by atoms with Gasteiger partial charge in [-0.25, -0.2) is 9.37 Å². The Hall–Kier alpha value is -3.94. The van der Waals surface area contributed by atoms with Crippen LogP contribution < -0.4 is 14.8 Å². The summed E-state index contributed by atoms with van der Waals surface area (Å²) < 4.78 is 24.2. The first-order valence-corrected chi connectivity index (χ1v) is 9.80. The van der Waals surface area contributed by atoms with Crippen LogP contribution in [0.5, 0.6) is 17.4 Å². The molecule has 0 atom stereocenters. The predicted octanol–water partition coefficient (Wildman–Crippen LogP) is 4.31. The maximum atomic E-state index is 13.1. The smallest absolute Gasteiger partial charge is 0.313 e. The number of carbonyl (C=O) groups excluding carboxylic acids is 1. The maximum Gasteiger partial charge on any atom is 0.313 e. The minimum atomic E-state index is -1.09. The molecule has 1 aromatic heterocycles. The highest BCUT2D eigenvalue weighted by atomic mass is 19.1. The van der Waals surface area contributed by atoms with Crippen molar-refractivity contribution in [1.29, 1.82) is 0 Å². The lowest BCUT2D eigenvalue weighted by Crippen LogP contribution is -2.28. The molecule has 0 fully saturated rings. The summed E-state index contributed by atoms with van der Waals surface area (Å²) in [6, 6.07) is 13.6. The third kappa shape index (κ3) is 5.03. The first-order chi connectivity index (χ1) is 15.2. The number of pyridine rings is 1. The minimum Gasteiger partial charge on any atom is -0.496 e. The van der Waals surface area contributed by atoms with E-state index < -0.39 is 23.1 Å². The van der Waals surface area contributed by atoms with Crippen LogP contribution in [0.4, 0.5) is 4.39 Å². The number of hydrogen-bond donors (Lipinski definition) is 2. The molecule has 3 rings (SSSR count). The number of carboxylic acids is 1. The van der Waals surface area contributed by atoms with E-state index in [0.29, 0.717) is 22.6 Å². The van der Waals surface area contributed by atoms with Crippen LogP contribution in [0.15, 0.2) is 60.8 Å². The highest BCUT2D eigenvalue weighted by Crippen LogP contribution is 2.29. The number of nitrogens with zero attached hydrogens (tertiary/aromatic N) is 1. The minimum absolute atomic E-state index is 0.0853. The van der Waals surface area contributed by atoms with Crippen molar-refractivity contribution in [3.8, 4) is 17.4 Å². The zero-order valence-corrected chi connectivity index (χ0v) is 17.9. The Labute approximate surface area is 184 Å². The number of methoxy groups -OCH3 is 1. The quantitative estimate of drug-likeness (QED) is 0.544. The zero-order valence-electron chi connectivity index (χ0n) is 17.9. The van der Waals surface area contributed by atoms with E-state index >= 15 is 0 Å². The molecule has 32 heavy (non-hydrogen) atoms. The molecule has 8 heteroatoms. The fraction of sp³-hybridized carbons (Fsp3) is 0.208. The van der Waals surface area contributed by atoms with E-state index in [4.69, 9.17) is 9.47 Å². The summed E-state index contributed by atoms with van der Waals surface area (Å²) in [6.07, 6.45) is 1.49. The number of aromatic nitrogens is 1. The van der Waals surface area contributed by atoms with Crippen LogP contribution in [-0.2, 0) is 16.8 Å². The van der Waals surface area contributed by atoms with Gasteiger partial charge in [0.25, 0.3) is 5.91 Å². The average molecular weight is 438 g/mol. The van der Waals surface area contributed by atoms with Gasteiger partial charge >= 0.3 is 5.97 Å². The summed E-state index contributed by atoms with van der Waals surface area (Å²) in [5, 5.41) is 12.2. The SMILES string of the molecule is COc1cc(C(C)(C)C(=O)O)ccc1CNC(=O)c1cccnc1Oc1ccc(F)cc1. The van der Waals surface area contributed by atoms with Crippen molar-refractivity contribution in [3.63, 3.8) is 0 Å². The second-order valence-corrected chi connectivity index (χ2v) is 7.55. The van der Waals surface area contributed by atoms with Crippen molar-refractivity contribution in [3.05, 3.63) is 83.3 Å². The number of hydrogen-bond acceptors (Lipinski definition) is 5. The van der Waals surface area contributed by atoms with Crippen molar-refractivity contribution in [2.75, 3.05) is 7.11 Å². The molecule has 0 aliphatic carbocycles. The van der Waals surface area contributed by atoms with Crippen LogP contribution in [-0.4, -0.2) is 29.1 Å². The second-order valence-electron chi connectivity index (χ2n) is 7.55. The van der Waals surface area contributed by atoms with Gasteiger partial charge in [-0.1, -0.05) is 12.1 Å². The largest absolute Gasteiger partial charge is 0.496 e. The lowest BCUT2D eigenvalue weighted by atomic mass is 9.84. The van der Waals surface area contributed by atoms with Crippen molar-refractivity contribution >= 4 is 11.9 Å². The van der Waals surface area contributed by atoms with Crippen molar-refractivity contribution < 1.29 is 28.6 Å². The van der Waals surface area contributed by atoms with E-state index in [1.807, 2.05) is 0 Å². The number of halogens is 1. The van der Waals surface area contributed by atoms with E-state index in [0.717, 1.165) is 0 Å². The average Bonchev–Trinajstić information content (AvgIpc) is 2.79.